The number of hydrogen-bond donors (Lipinski definition) is 0. The van der Waals surface area contributed by atoms with Crippen LogP contribution in [0.4, 0.5) is 0 Å². The zero-order valence-corrected chi connectivity index (χ0v) is 5.15. The van der Waals surface area contributed by atoms with E-state index in [1.807, 2.05) is 6.07 Å². The van der Waals surface area contributed by atoms with Gasteiger partial charge in [0.2, 0.25) is 0 Å². The van der Waals surface area contributed by atoms with E-state index >= 15 is 0 Å². The van der Waals surface area contributed by atoms with Gasteiger partial charge in [-0.3, -0.25) is 0 Å². The molecule has 0 saturated carbocycles. The van der Waals surface area contributed by atoms with Gasteiger partial charge in [0.25, 0.3) is 0 Å². The molecular formula is C9H7. The summed E-state index contributed by atoms with van der Waals surface area (Å²) in [7, 11) is 0. The molecule has 1 aliphatic carbocycles. The molecule has 0 heterocycles. The second-order valence-electron chi connectivity index (χ2n) is 2.26. The standard InChI is InChI=1S/C9H7/c1-2-5-9-7-3-6-8(9)4-1/h1,4-5H,3,7H2. The summed E-state index contributed by atoms with van der Waals surface area (Å²) >= 11 is 0. The van der Waals surface area contributed by atoms with Crippen LogP contribution >= 0.6 is 0 Å². The lowest BCUT2D eigenvalue weighted by Gasteiger charge is -1.92. The predicted octanol–water partition coefficient (Wildman–Crippen LogP) is 1.86. The first-order chi connectivity index (χ1) is 4.47. The summed E-state index contributed by atoms with van der Waals surface area (Å²) in [4.78, 5) is 0. The monoisotopic (exact) mass is 115 g/mol. The van der Waals surface area contributed by atoms with E-state index in [9.17, 15) is 0 Å². The molecule has 0 bridgehead atoms. The maximum Gasteiger partial charge on any atom is 0.0171 e. The fourth-order valence-corrected chi connectivity index (χ4v) is 1.18. The summed E-state index contributed by atoms with van der Waals surface area (Å²) in [5.41, 5.74) is 2.69. The molecule has 43 valence electrons. The summed E-state index contributed by atoms with van der Waals surface area (Å²) in [6.07, 6.45) is 5.53. The van der Waals surface area contributed by atoms with E-state index in [1.54, 1.807) is 0 Å². The Balaban J connectivity index is 2.54. The molecule has 1 aliphatic rings. The second-order valence-corrected chi connectivity index (χ2v) is 2.26. The fraction of sp³-hybridized carbons (Fsp3) is 0.222. The van der Waals surface area contributed by atoms with E-state index in [-0.39, 0.29) is 0 Å². The molecule has 0 nitrogen and oxygen atoms in total. The normalized spacial score (nSPS) is 15.6. The van der Waals surface area contributed by atoms with Crippen LogP contribution in [-0.2, 0) is 6.42 Å². The van der Waals surface area contributed by atoms with E-state index in [1.165, 1.54) is 11.1 Å². The molecule has 0 spiro atoms. The van der Waals surface area contributed by atoms with Gasteiger partial charge >= 0.3 is 0 Å². The SMILES string of the molecule is [C]1CCc2c[c]ccc21. The molecule has 9 heavy (non-hydrogen) atoms. The Morgan fingerprint density at radius 1 is 1.44 bits per heavy atom. The third-order valence-corrected chi connectivity index (χ3v) is 1.66. The number of hydrogen-bond acceptors (Lipinski definition) is 0. The summed E-state index contributed by atoms with van der Waals surface area (Å²) in [6, 6.07) is 9.12. The Morgan fingerprint density at radius 2 is 2.44 bits per heavy atom. The van der Waals surface area contributed by atoms with E-state index in [0.29, 0.717) is 0 Å². The van der Waals surface area contributed by atoms with E-state index in [0.717, 1.165) is 12.8 Å². The Morgan fingerprint density at radius 3 is 3.33 bits per heavy atom. The molecule has 1 aromatic carbocycles. The maximum atomic E-state index is 3.28. The number of rotatable bonds is 0. The fourth-order valence-electron chi connectivity index (χ4n) is 1.18. The van der Waals surface area contributed by atoms with Gasteiger partial charge in [0.15, 0.2) is 0 Å². The Labute approximate surface area is 55.5 Å². The molecule has 2 rings (SSSR count). The molecule has 1 aromatic rings. The van der Waals surface area contributed by atoms with Crippen LogP contribution in [0.25, 0.3) is 0 Å². The lowest BCUT2D eigenvalue weighted by atomic mass is 10.1. The zero-order chi connectivity index (χ0) is 6.10. The van der Waals surface area contributed by atoms with Gasteiger partial charge in [-0.05, 0) is 30.0 Å². The average Bonchev–Trinajstić information content (AvgIpc) is 2.33. The van der Waals surface area contributed by atoms with Crippen molar-refractivity contribution in [1.82, 2.24) is 0 Å². The van der Waals surface area contributed by atoms with Gasteiger partial charge in [-0.25, -0.2) is 0 Å². The Kier molecular flexibility index (Phi) is 1.05. The van der Waals surface area contributed by atoms with Gasteiger partial charge in [0.05, 0.1) is 0 Å². The van der Waals surface area contributed by atoms with Gasteiger partial charge in [0.1, 0.15) is 0 Å². The van der Waals surface area contributed by atoms with Crippen molar-refractivity contribution in [1.29, 1.82) is 0 Å². The van der Waals surface area contributed by atoms with Gasteiger partial charge in [0, 0.05) is 6.42 Å². The van der Waals surface area contributed by atoms with E-state index < -0.39 is 0 Å². The van der Waals surface area contributed by atoms with Crippen LogP contribution < -0.4 is 0 Å². The van der Waals surface area contributed by atoms with Crippen LogP contribution in [0.5, 0.6) is 0 Å². The van der Waals surface area contributed by atoms with Crippen LogP contribution in [0.3, 0.4) is 0 Å². The molecule has 3 radical (unpaired) electrons. The van der Waals surface area contributed by atoms with Crippen LogP contribution in [0.1, 0.15) is 17.5 Å². The summed E-state index contributed by atoms with van der Waals surface area (Å²) in [5, 5.41) is 0. The van der Waals surface area contributed by atoms with Crippen molar-refractivity contribution in [2.24, 2.45) is 0 Å². The van der Waals surface area contributed by atoms with Crippen molar-refractivity contribution in [2.45, 2.75) is 12.8 Å². The van der Waals surface area contributed by atoms with Crippen LogP contribution in [-0.4, -0.2) is 0 Å². The molecule has 0 N–H and O–H groups in total. The zero-order valence-electron chi connectivity index (χ0n) is 5.15. The highest BCUT2D eigenvalue weighted by atomic mass is 14.1. The molecule has 0 aliphatic heterocycles. The average molecular weight is 115 g/mol. The van der Waals surface area contributed by atoms with Crippen molar-refractivity contribution in [3.05, 3.63) is 41.8 Å². The minimum absolute atomic E-state index is 1.09. The topological polar surface area (TPSA) is 0 Å². The highest BCUT2D eigenvalue weighted by molar-refractivity contribution is 5.36. The van der Waals surface area contributed by atoms with Crippen LogP contribution in [0.2, 0.25) is 0 Å². The lowest BCUT2D eigenvalue weighted by Crippen LogP contribution is -1.76. The highest BCUT2D eigenvalue weighted by Gasteiger charge is 2.08. The quantitative estimate of drug-likeness (QED) is 0.484. The molecular weight excluding hydrogens is 108 g/mol. The van der Waals surface area contributed by atoms with E-state index in [4.69, 9.17) is 0 Å². The minimum Gasteiger partial charge on any atom is -0.0575 e. The second kappa shape index (κ2) is 1.87. The van der Waals surface area contributed by atoms with Crippen molar-refractivity contribution >= 4 is 0 Å². The summed E-state index contributed by atoms with van der Waals surface area (Å²) in [5.74, 6) is 0. The van der Waals surface area contributed by atoms with Crippen molar-refractivity contribution < 1.29 is 0 Å². The highest BCUT2D eigenvalue weighted by Crippen LogP contribution is 2.21. The number of benzene rings is 1. The van der Waals surface area contributed by atoms with Gasteiger partial charge in [-0.1, -0.05) is 18.2 Å². The lowest BCUT2D eigenvalue weighted by molar-refractivity contribution is 1.03. The van der Waals surface area contributed by atoms with Crippen LogP contribution in [0, 0.1) is 12.5 Å². The third kappa shape index (κ3) is 0.748. The molecule has 0 atom stereocenters. The molecule has 0 aromatic heterocycles. The van der Waals surface area contributed by atoms with Crippen molar-refractivity contribution in [2.75, 3.05) is 0 Å². The Bertz CT molecular complexity index is 190. The summed E-state index contributed by atoms with van der Waals surface area (Å²) in [6.45, 7) is 0. The number of fused-ring (bicyclic) bond motifs is 1. The summed E-state index contributed by atoms with van der Waals surface area (Å²) < 4.78 is 0. The van der Waals surface area contributed by atoms with Gasteiger partial charge < -0.3 is 0 Å². The first-order valence-corrected chi connectivity index (χ1v) is 3.20. The molecule has 0 amide bonds. The smallest absolute Gasteiger partial charge is 0.0171 e. The first kappa shape index (κ1) is 5.04. The van der Waals surface area contributed by atoms with Crippen molar-refractivity contribution in [3.8, 4) is 0 Å². The van der Waals surface area contributed by atoms with Gasteiger partial charge in [-0.15, -0.1) is 0 Å². The molecule has 0 saturated heterocycles. The van der Waals surface area contributed by atoms with Crippen molar-refractivity contribution in [3.63, 3.8) is 0 Å². The third-order valence-electron chi connectivity index (χ3n) is 1.66. The van der Waals surface area contributed by atoms with E-state index in [2.05, 4.69) is 24.6 Å². The predicted molar refractivity (Wildman–Crippen MR) is 35.9 cm³/mol. The minimum atomic E-state index is 1.09. The Hall–Kier alpha value is -0.780. The number of aryl methyl sites for hydroxylation is 1. The maximum absolute atomic E-state index is 3.28. The van der Waals surface area contributed by atoms with Gasteiger partial charge in [-0.2, -0.15) is 0 Å². The first-order valence-electron chi connectivity index (χ1n) is 3.20. The molecule has 0 unspecified atom stereocenters. The molecule has 0 fully saturated rings. The van der Waals surface area contributed by atoms with Crippen LogP contribution in [0.15, 0.2) is 18.2 Å². The molecule has 0 heteroatoms. The largest absolute Gasteiger partial charge is 0.0575 e.